The van der Waals surface area contributed by atoms with Crippen molar-refractivity contribution in [2.75, 3.05) is 44.5 Å². The van der Waals surface area contributed by atoms with Gasteiger partial charge in [0.15, 0.2) is 0 Å². The molecule has 204 valence electrons. The number of aryl methyl sites for hydroxylation is 1. The third-order valence-electron chi connectivity index (χ3n) is 7.81. The molecule has 1 aliphatic heterocycles. The Kier molecular flexibility index (Phi) is 8.17. The van der Waals surface area contributed by atoms with Gasteiger partial charge >= 0.3 is 0 Å². The first kappa shape index (κ1) is 26.8. The van der Waals surface area contributed by atoms with Gasteiger partial charge in [-0.05, 0) is 88.7 Å². The molecule has 7 nitrogen and oxygen atoms in total. The van der Waals surface area contributed by atoms with E-state index in [4.69, 9.17) is 4.74 Å². The Morgan fingerprint density at radius 2 is 1.72 bits per heavy atom. The maximum Gasteiger partial charge on any atom is 0.227 e. The summed E-state index contributed by atoms with van der Waals surface area (Å²) < 4.78 is 5.10. The lowest BCUT2D eigenvalue weighted by molar-refractivity contribution is -0.117. The van der Waals surface area contributed by atoms with Crippen molar-refractivity contribution in [3.63, 3.8) is 0 Å². The van der Waals surface area contributed by atoms with Crippen molar-refractivity contribution < 1.29 is 9.53 Å². The number of piperidine rings is 1. The fourth-order valence-corrected chi connectivity index (χ4v) is 5.14. The number of ether oxygens (including phenoxy) is 1. The molecule has 7 heteroatoms. The second-order valence-electron chi connectivity index (χ2n) is 10.8. The Morgan fingerprint density at radius 1 is 1.00 bits per heavy atom. The number of nitrogens with one attached hydrogen (secondary N) is 2. The highest BCUT2D eigenvalue weighted by atomic mass is 16.5. The van der Waals surface area contributed by atoms with Gasteiger partial charge in [0.25, 0.3) is 0 Å². The Balaban J connectivity index is 0.000000177. The van der Waals surface area contributed by atoms with Crippen molar-refractivity contribution in [1.82, 2.24) is 15.1 Å². The summed E-state index contributed by atoms with van der Waals surface area (Å²) in [6.07, 6.45) is 4.53. The highest BCUT2D eigenvalue weighted by molar-refractivity contribution is 5.95. The maximum absolute atomic E-state index is 11.5. The molecule has 6 rings (SSSR count). The van der Waals surface area contributed by atoms with Crippen LogP contribution in [0.2, 0.25) is 0 Å². The molecule has 1 saturated carbocycles. The van der Waals surface area contributed by atoms with Crippen LogP contribution in [0.25, 0.3) is 22.2 Å². The van der Waals surface area contributed by atoms with E-state index >= 15 is 0 Å². The number of hydrogen-bond acceptors (Lipinski definition) is 5. The molecule has 2 aliphatic rings. The van der Waals surface area contributed by atoms with Gasteiger partial charge < -0.3 is 19.9 Å². The van der Waals surface area contributed by atoms with Gasteiger partial charge in [-0.15, -0.1) is 0 Å². The zero-order chi connectivity index (χ0) is 27.4. The van der Waals surface area contributed by atoms with E-state index in [2.05, 4.69) is 81.9 Å². The van der Waals surface area contributed by atoms with Crippen molar-refractivity contribution in [3.8, 4) is 17.0 Å². The molecule has 1 aliphatic carbocycles. The predicted molar refractivity (Wildman–Crippen MR) is 160 cm³/mol. The van der Waals surface area contributed by atoms with E-state index in [1.165, 1.54) is 29.5 Å². The molecule has 1 aromatic heterocycles. The Bertz CT molecular complexity index is 1400. The summed E-state index contributed by atoms with van der Waals surface area (Å²) in [5.74, 6) is 1.20. The molecule has 3 aromatic carbocycles. The minimum Gasteiger partial charge on any atom is -0.497 e. The quantitative estimate of drug-likeness (QED) is 0.318. The predicted octanol–water partition coefficient (Wildman–Crippen LogP) is 6.11. The first-order chi connectivity index (χ1) is 18.9. The van der Waals surface area contributed by atoms with Crippen LogP contribution in [0.4, 0.5) is 11.4 Å². The second-order valence-corrected chi connectivity index (χ2v) is 10.8. The topological polar surface area (TPSA) is 73.5 Å². The third kappa shape index (κ3) is 6.42. The van der Waals surface area contributed by atoms with Gasteiger partial charge in [0.2, 0.25) is 5.91 Å². The SMILES string of the molecule is CN(C)C1CCN(c2ccc(-c3n[nH]c4ccccc34)cc2)CC1.COc1ccc(NC(=O)C2CC2)c(C)c1. The van der Waals surface area contributed by atoms with E-state index < -0.39 is 0 Å². The van der Waals surface area contributed by atoms with E-state index in [1.807, 2.05) is 31.2 Å². The summed E-state index contributed by atoms with van der Waals surface area (Å²) >= 11 is 0. The summed E-state index contributed by atoms with van der Waals surface area (Å²) in [7, 11) is 6.00. The molecule has 1 amide bonds. The monoisotopic (exact) mass is 525 g/mol. The van der Waals surface area contributed by atoms with Crippen LogP contribution in [-0.2, 0) is 4.79 Å². The van der Waals surface area contributed by atoms with Crippen molar-refractivity contribution in [2.45, 2.75) is 38.6 Å². The number of aromatic amines is 1. The number of H-pyrrole nitrogens is 1. The number of benzene rings is 3. The van der Waals surface area contributed by atoms with Crippen LogP contribution in [0.5, 0.6) is 5.75 Å². The molecule has 4 aromatic rings. The van der Waals surface area contributed by atoms with Crippen molar-refractivity contribution in [2.24, 2.45) is 5.92 Å². The van der Waals surface area contributed by atoms with Crippen LogP contribution in [0.1, 0.15) is 31.2 Å². The molecule has 0 unspecified atom stereocenters. The lowest BCUT2D eigenvalue weighted by Crippen LogP contribution is -2.41. The molecule has 2 fully saturated rings. The van der Waals surface area contributed by atoms with E-state index in [0.29, 0.717) is 0 Å². The van der Waals surface area contributed by atoms with Crippen LogP contribution in [-0.4, -0.2) is 61.3 Å². The summed E-state index contributed by atoms with van der Waals surface area (Å²) in [5, 5.41) is 11.7. The number of para-hydroxylation sites is 1. The number of aromatic nitrogens is 2. The number of carbonyl (C=O) groups is 1. The number of nitrogens with zero attached hydrogens (tertiary/aromatic N) is 3. The lowest BCUT2D eigenvalue weighted by atomic mass is 10.0. The average molecular weight is 526 g/mol. The van der Waals surface area contributed by atoms with Gasteiger partial charge in [-0.25, -0.2) is 0 Å². The maximum atomic E-state index is 11.5. The minimum atomic E-state index is 0.142. The standard InChI is InChI=1S/C20H24N4.C12H15NO2/c1-23(2)16-11-13-24(14-12-16)17-9-7-15(8-10-17)20-18-5-3-4-6-19(18)21-22-20;1-8-7-10(15-2)5-6-11(8)13-12(14)9-3-4-9/h3-10,16H,11-14H2,1-2H3,(H,21,22);5-7,9H,3-4H2,1-2H3,(H,13,14). The molecule has 0 radical (unpaired) electrons. The smallest absolute Gasteiger partial charge is 0.227 e. The molecule has 2 N–H and O–H groups in total. The average Bonchev–Trinajstić information content (AvgIpc) is 3.74. The molecule has 0 bridgehead atoms. The first-order valence-corrected chi connectivity index (χ1v) is 13.8. The van der Waals surface area contributed by atoms with E-state index in [1.54, 1.807) is 7.11 Å². The first-order valence-electron chi connectivity index (χ1n) is 13.8. The summed E-state index contributed by atoms with van der Waals surface area (Å²) in [6.45, 7) is 4.23. The van der Waals surface area contributed by atoms with Crippen LogP contribution in [0.3, 0.4) is 0 Å². The highest BCUT2D eigenvalue weighted by Crippen LogP contribution is 2.31. The number of fused-ring (bicyclic) bond motifs is 1. The van der Waals surface area contributed by atoms with Gasteiger partial charge in [-0.2, -0.15) is 5.10 Å². The molecule has 0 spiro atoms. The summed E-state index contributed by atoms with van der Waals surface area (Å²) in [4.78, 5) is 16.4. The lowest BCUT2D eigenvalue weighted by Gasteiger charge is -2.36. The number of rotatable bonds is 6. The minimum absolute atomic E-state index is 0.142. The van der Waals surface area contributed by atoms with E-state index in [9.17, 15) is 4.79 Å². The Morgan fingerprint density at radius 3 is 2.36 bits per heavy atom. The molecule has 1 saturated heterocycles. The van der Waals surface area contributed by atoms with Crippen LogP contribution in [0, 0.1) is 12.8 Å². The second kappa shape index (κ2) is 11.9. The van der Waals surface area contributed by atoms with Crippen molar-refractivity contribution >= 4 is 28.2 Å². The number of amides is 1. The number of anilines is 2. The molecule has 2 heterocycles. The van der Waals surface area contributed by atoms with Crippen molar-refractivity contribution in [3.05, 3.63) is 72.3 Å². The Hall–Kier alpha value is -3.84. The molecular weight excluding hydrogens is 486 g/mol. The van der Waals surface area contributed by atoms with Gasteiger partial charge in [0, 0.05) is 47.4 Å². The number of methoxy groups -OCH3 is 1. The molecule has 0 atom stereocenters. The fourth-order valence-electron chi connectivity index (χ4n) is 5.14. The third-order valence-corrected chi connectivity index (χ3v) is 7.81. The zero-order valence-electron chi connectivity index (χ0n) is 23.4. The van der Waals surface area contributed by atoms with Gasteiger partial charge in [0.1, 0.15) is 5.75 Å². The molecule has 39 heavy (non-hydrogen) atoms. The van der Waals surface area contributed by atoms with Crippen molar-refractivity contribution in [1.29, 1.82) is 0 Å². The molecular formula is C32H39N5O2. The number of hydrogen-bond donors (Lipinski definition) is 2. The van der Waals surface area contributed by atoms with E-state index in [0.717, 1.165) is 60.2 Å². The van der Waals surface area contributed by atoms with Gasteiger partial charge in [-0.1, -0.05) is 30.3 Å². The number of carbonyl (C=O) groups excluding carboxylic acids is 1. The fraction of sp³-hybridized carbons (Fsp3) is 0.375. The van der Waals surface area contributed by atoms with E-state index in [-0.39, 0.29) is 11.8 Å². The summed E-state index contributed by atoms with van der Waals surface area (Å²) in [5.41, 5.74) is 6.51. The highest BCUT2D eigenvalue weighted by Gasteiger charge is 2.29. The normalized spacial score (nSPS) is 15.7. The van der Waals surface area contributed by atoms with Crippen LogP contribution >= 0.6 is 0 Å². The van der Waals surface area contributed by atoms with Gasteiger partial charge in [-0.3, -0.25) is 9.89 Å². The summed E-state index contributed by atoms with van der Waals surface area (Å²) in [6, 6.07) is 23.5. The Labute approximate surface area is 231 Å². The van der Waals surface area contributed by atoms with Gasteiger partial charge in [0.05, 0.1) is 18.3 Å². The van der Waals surface area contributed by atoms with Crippen LogP contribution in [0.15, 0.2) is 66.7 Å². The van der Waals surface area contributed by atoms with Crippen LogP contribution < -0.4 is 15.0 Å². The zero-order valence-corrected chi connectivity index (χ0v) is 23.4. The largest absolute Gasteiger partial charge is 0.497 e.